The molecule has 0 saturated carbocycles. The Morgan fingerprint density at radius 3 is 2.55 bits per heavy atom. The molecule has 13 heteroatoms. The highest BCUT2D eigenvalue weighted by Crippen LogP contribution is 2.43. The minimum atomic E-state index is -4.77. The van der Waals surface area contributed by atoms with Crippen molar-refractivity contribution in [3.63, 3.8) is 0 Å². The van der Waals surface area contributed by atoms with Gasteiger partial charge in [-0.15, -0.1) is 0 Å². The summed E-state index contributed by atoms with van der Waals surface area (Å²) in [6.07, 6.45) is -2.05. The molecule has 0 spiro atoms. The molecule has 3 unspecified atom stereocenters. The summed E-state index contributed by atoms with van der Waals surface area (Å²) in [5, 5.41) is 20.5. The Morgan fingerprint density at radius 2 is 1.93 bits per heavy atom. The minimum absolute atomic E-state index is 0.0000855. The van der Waals surface area contributed by atoms with Crippen LogP contribution in [0.2, 0.25) is 0 Å². The lowest BCUT2D eigenvalue weighted by Gasteiger charge is -2.31. The van der Waals surface area contributed by atoms with Gasteiger partial charge in [0.05, 0.1) is 13.2 Å². The summed E-state index contributed by atoms with van der Waals surface area (Å²) in [7, 11) is -3.52. The van der Waals surface area contributed by atoms with Crippen molar-refractivity contribution in [2.24, 2.45) is 0 Å². The normalized spacial score (nSPS) is 19.6. The van der Waals surface area contributed by atoms with E-state index in [-0.39, 0.29) is 40.7 Å². The van der Waals surface area contributed by atoms with Crippen molar-refractivity contribution >= 4 is 21.8 Å². The molecule has 158 valence electrons. The van der Waals surface area contributed by atoms with Crippen LogP contribution in [-0.4, -0.2) is 45.2 Å². The number of aliphatic hydroxyl groups is 1. The number of rotatable bonds is 6. The molecule has 0 aliphatic carbocycles. The summed E-state index contributed by atoms with van der Waals surface area (Å²) in [5.74, 6) is -0.597. The number of aliphatic hydroxyl groups excluding tert-OH is 1. The maximum atomic E-state index is 10.9. The number of benzene rings is 2. The van der Waals surface area contributed by atoms with Crippen LogP contribution < -0.4 is 17.8 Å². The highest BCUT2D eigenvalue weighted by molar-refractivity contribution is 7.81. The third kappa shape index (κ3) is 4.89. The number of aromatic hydroxyl groups is 1. The Kier molecular flexibility index (Phi) is 5.86. The van der Waals surface area contributed by atoms with Gasteiger partial charge in [-0.25, -0.2) is 0 Å². The van der Waals surface area contributed by atoms with E-state index < -0.39 is 34.0 Å². The van der Waals surface area contributed by atoms with Gasteiger partial charge in [-0.05, 0) is 17.7 Å². The van der Waals surface area contributed by atoms with Crippen molar-refractivity contribution in [2.75, 3.05) is 7.11 Å². The Labute approximate surface area is 167 Å². The standard InChI is InChI=1S/C16H16O11S2/c1-24-15-4-8(2-3-13(15)27-29(21,22)23)16-12(18)7-10-11(17)5-9(26-28(19)20)6-14(10)25-16/h2-6,12,16-18H,7H2,1H3,(H,19,20)(H,21,22,23). The van der Waals surface area contributed by atoms with Gasteiger partial charge in [0.1, 0.15) is 23.4 Å². The van der Waals surface area contributed by atoms with Gasteiger partial charge in [-0.2, -0.15) is 12.6 Å². The Hall–Kier alpha value is -2.58. The van der Waals surface area contributed by atoms with Crippen molar-refractivity contribution < 1.29 is 49.8 Å². The van der Waals surface area contributed by atoms with E-state index in [1.165, 1.54) is 31.4 Å². The van der Waals surface area contributed by atoms with Crippen LogP contribution in [0.4, 0.5) is 0 Å². The molecule has 0 radical (unpaired) electrons. The zero-order chi connectivity index (χ0) is 21.3. The maximum Gasteiger partial charge on any atom is 0.446 e. The lowest BCUT2D eigenvalue weighted by Crippen LogP contribution is -2.30. The number of phenols is 1. The highest BCUT2D eigenvalue weighted by Gasteiger charge is 2.33. The molecule has 0 amide bonds. The van der Waals surface area contributed by atoms with E-state index in [4.69, 9.17) is 18.6 Å². The molecule has 0 saturated heterocycles. The Bertz CT molecular complexity index is 1050. The fraction of sp³-hybridized carbons (Fsp3) is 0.250. The number of phenolic OH excluding ortho intramolecular Hbond substituents is 1. The first kappa shape index (κ1) is 21.1. The van der Waals surface area contributed by atoms with E-state index in [1.807, 2.05) is 0 Å². The summed E-state index contributed by atoms with van der Waals surface area (Å²) in [6.45, 7) is 0. The zero-order valence-corrected chi connectivity index (χ0v) is 16.3. The fourth-order valence-corrected chi connectivity index (χ4v) is 3.54. The van der Waals surface area contributed by atoms with E-state index >= 15 is 0 Å². The second kappa shape index (κ2) is 8.04. The Balaban J connectivity index is 1.95. The Morgan fingerprint density at radius 1 is 1.21 bits per heavy atom. The molecular formula is C16H16O11S2. The lowest BCUT2D eigenvalue weighted by atomic mass is 9.94. The smallest absolute Gasteiger partial charge is 0.446 e. The van der Waals surface area contributed by atoms with Crippen LogP contribution >= 0.6 is 0 Å². The van der Waals surface area contributed by atoms with Gasteiger partial charge in [0.25, 0.3) is 0 Å². The molecule has 2 aromatic rings. The van der Waals surface area contributed by atoms with Gasteiger partial charge in [0.2, 0.25) is 0 Å². The SMILES string of the molecule is COc1cc(C2Oc3cc(OS(=O)O)cc(O)c3CC2O)ccc1OS(=O)(=O)O. The van der Waals surface area contributed by atoms with Gasteiger partial charge in [-0.3, -0.25) is 9.11 Å². The van der Waals surface area contributed by atoms with Crippen LogP contribution in [0, 0.1) is 0 Å². The quantitative estimate of drug-likeness (QED) is 0.369. The molecule has 11 nitrogen and oxygen atoms in total. The van der Waals surface area contributed by atoms with Crippen molar-refractivity contribution in [1.82, 2.24) is 0 Å². The van der Waals surface area contributed by atoms with Crippen molar-refractivity contribution in [3.8, 4) is 28.7 Å². The minimum Gasteiger partial charge on any atom is -0.507 e. The summed E-state index contributed by atoms with van der Waals surface area (Å²) in [5.41, 5.74) is 0.655. The largest absolute Gasteiger partial charge is 0.507 e. The van der Waals surface area contributed by atoms with Crippen LogP contribution in [0.1, 0.15) is 17.2 Å². The summed E-state index contributed by atoms with van der Waals surface area (Å²) in [6, 6.07) is 6.36. The van der Waals surface area contributed by atoms with Gasteiger partial charge >= 0.3 is 21.8 Å². The van der Waals surface area contributed by atoms with Gasteiger partial charge in [0, 0.05) is 24.1 Å². The zero-order valence-electron chi connectivity index (χ0n) is 14.7. The van der Waals surface area contributed by atoms with Crippen LogP contribution in [0.15, 0.2) is 30.3 Å². The fourth-order valence-electron chi connectivity index (χ4n) is 2.91. The maximum absolute atomic E-state index is 10.9. The molecule has 0 fully saturated rings. The van der Waals surface area contributed by atoms with E-state index in [2.05, 4.69) is 8.37 Å². The molecule has 29 heavy (non-hydrogen) atoms. The van der Waals surface area contributed by atoms with Gasteiger partial charge in [0.15, 0.2) is 11.5 Å². The predicted octanol–water partition coefficient (Wildman–Crippen LogP) is 1.14. The molecule has 2 aromatic carbocycles. The van der Waals surface area contributed by atoms with Crippen molar-refractivity contribution in [3.05, 3.63) is 41.5 Å². The third-order valence-corrected chi connectivity index (χ3v) is 4.78. The second-order valence-corrected chi connectivity index (χ2v) is 7.57. The lowest BCUT2D eigenvalue weighted by molar-refractivity contribution is 0.0197. The van der Waals surface area contributed by atoms with Crippen LogP contribution in [0.3, 0.4) is 0 Å². The number of methoxy groups -OCH3 is 1. The monoisotopic (exact) mass is 448 g/mol. The van der Waals surface area contributed by atoms with Gasteiger partial charge in [-0.1, -0.05) is 6.07 Å². The summed E-state index contributed by atoms with van der Waals surface area (Å²) < 4.78 is 70.2. The molecule has 1 aliphatic rings. The van der Waals surface area contributed by atoms with Crippen LogP contribution in [0.5, 0.6) is 28.7 Å². The second-order valence-electron chi connectivity index (χ2n) is 5.95. The number of hydrogen-bond donors (Lipinski definition) is 4. The molecule has 3 rings (SSSR count). The van der Waals surface area contributed by atoms with Crippen molar-refractivity contribution in [1.29, 1.82) is 0 Å². The first-order valence-corrected chi connectivity index (χ1v) is 10.3. The molecule has 0 bridgehead atoms. The average Bonchev–Trinajstić information content (AvgIpc) is 2.60. The number of hydrogen-bond acceptors (Lipinski definition) is 9. The molecule has 4 N–H and O–H groups in total. The number of fused-ring (bicyclic) bond motifs is 1. The van der Waals surface area contributed by atoms with Crippen LogP contribution in [0.25, 0.3) is 0 Å². The molecule has 1 heterocycles. The van der Waals surface area contributed by atoms with E-state index in [0.717, 1.165) is 6.07 Å². The first-order chi connectivity index (χ1) is 13.6. The number of ether oxygens (including phenoxy) is 2. The van der Waals surface area contributed by atoms with Crippen LogP contribution in [-0.2, 0) is 28.2 Å². The first-order valence-electron chi connectivity index (χ1n) is 7.92. The topological polar surface area (TPSA) is 169 Å². The summed E-state index contributed by atoms with van der Waals surface area (Å²) >= 11 is -2.61. The van der Waals surface area contributed by atoms with Gasteiger partial charge < -0.3 is 28.1 Å². The van der Waals surface area contributed by atoms with E-state index in [9.17, 15) is 22.8 Å². The molecular weight excluding hydrogens is 432 g/mol. The van der Waals surface area contributed by atoms with E-state index in [0.29, 0.717) is 5.56 Å². The third-order valence-electron chi connectivity index (χ3n) is 4.05. The summed E-state index contributed by atoms with van der Waals surface area (Å²) in [4.78, 5) is 0. The predicted molar refractivity (Wildman–Crippen MR) is 97.8 cm³/mol. The highest BCUT2D eigenvalue weighted by atomic mass is 32.3. The van der Waals surface area contributed by atoms with E-state index in [1.54, 1.807) is 0 Å². The average molecular weight is 448 g/mol. The molecule has 1 aliphatic heterocycles. The molecule has 0 aromatic heterocycles. The molecule has 3 atom stereocenters. The van der Waals surface area contributed by atoms with Crippen molar-refractivity contribution in [2.45, 2.75) is 18.6 Å².